The molecule has 0 spiro atoms. The summed E-state index contributed by atoms with van der Waals surface area (Å²) in [5, 5.41) is 8.13. The molecule has 3 aliphatic rings. The second kappa shape index (κ2) is 7.86. The minimum Gasteiger partial charge on any atom is -0.380 e. The van der Waals surface area contributed by atoms with Crippen molar-refractivity contribution < 1.29 is 0 Å². The first-order valence-corrected chi connectivity index (χ1v) is 11.8. The predicted molar refractivity (Wildman–Crippen MR) is 121 cm³/mol. The van der Waals surface area contributed by atoms with Gasteiger partial charge in [0, 0.05) is 11.7 Å². The first-order chi connectivity index (χ1) is 13.5. The van der Waals surface area contributed by atoms with E-state index < -0.39 is 0 Å². The highest BCUT2D eigenvalue weighted by Crippen LogP contribution is 2.58. The first kappa shape index (κ1) is 20.0. The van der Waals surface area contributed by atoms with Crippen molar-refractivity contribution in [3.8, 4) is 0 Å². The molecule has 1 aromatic rings. The molecule has 28 heavy (non-hydrogen) atoms. The maximum absolute atomic E-state index is 4.08. The van der Waals surface area contributed by atoms with Crippen LogP contribution in [0.25, 0.3) is 0 Å². The second-order valence-electron chi connectivity index (χ2n) is 10.1. The zero-order valence-corrected chi connectivity index (χ0v) is 18.6. The molecule has 0 amide bonds. The van der Waals surface area contributed by atoms with Gasteiger partial charge in [0.15, 0.2) is 0 Å². The maximum atomic E-state index is 4.08. The third-order valence-electron chi connectivity index (χ3n) is 7.82. The average Bonchev–Trinajstić information content (AvgIpc) is 2.89. The van der Waals surface area contributed by atoms with Crippen molar-refractivity contribution in [2.24, 2.45) is 11.8 Å². The maximum Gasteiger partial charge on any atom is 0.0632 e. The van der Waals surface area contributed by atoms with Gasteiger partial charge in [0.25, 0.3) is 0 Å². The van der Waals surface area contributed by atoms with Gasteiger partial charge in [-0.2, -0.15) is 0 Å². The third-order valence-corrected chi connectivity index (χ3v) is 7.82. The van der Waals surface area contributed by atoms with E-state index in [4.69, 9.17) is 0 Å². The molecule has 0 saturated heterocycles. The molecule has 4 atom stereocenters. The molecule has 2 fully saturated rings. The van der Waals surface area contributed by atoms with Crippen LogP contribution in [0.15, 0.2) is 29.8 Å². The highest BCUT2D eigenvalue weighted by atomic mass is 15.1. The van der Waals surface area contributed by atoms with Gasteiger partial charge in [0.05, 0.1) is 5.54 Å². The number of nitrogens with one attached hydrogen (secondary N) is 2. The molecule has 2 N–H and O–H groups in total. The zero-order valence-electron chi connectivity index (χ0n) is 18.6. The summed E-state index contributed by atoms with van der Waals surface area (Å²) in [4.78, 5) is 0. The molecule has 154 valence electrons. The molecule has 1 aliphatic heterocycles. The summed E-state index contributed by atoms with van der Waals surface area (Å²) < 4.78 is 0. The van der Waals surface area contributed by atoms with Crippen LogP contribution in [0.5, 0.6) is 0 Å². The Hall–Kier alpha value is -1.28. The lowest BCUT2D eigenvalue weighted by molar-refractivity contribution is 0.0629. The van der Waals surface area contributed by atoms with Crippen LogP contribution in [0.3, 0.4) is 0 Å². The summed E-state index contributed by atoms with van der Waals surface area (Å²) in [6, 6.07) is 7.30. The second-order valence-corrected chi connectivity index (χ2v) is 10.1. The van der Waals surface area contributed by atoms with Crippen LogP contribution < -0.4 is 10.6 Å². The highest BCUT2D eigenvalue weighted by Gasteiger charge is 2.60. The van der Waals surface area contributed by atoms with E-state index in [1.54, 1.807) is 5.57 Å². The minimum absolute atomic E-state index is 0.172. The number of rotatable bonds is 5. The quantitative estimate of drug-likeness (QED) is 0.562. The zero-order chi connectivity index (χ0) is 19.9. The number of anilines is 1. The summed E-state index contributed by atoms with van der Waals surface area (Å²) >= 11 is 0. The van der Waals surface area contributed by atoms with Crippen molar-refractivity contribution in [1.82, 2.24) is 5.32 Å². The van der Waals surface area contributed by atoms with Gasteiger partial charge in [-0.25, -0.2) is 0 Å². The lowest BCUT2D eigenvalue weighted by Crippen LogP contribution is -2.72. The van der Waals surface area contributed by atoms with Gasteiger partial charge in [-0.3, -0.25) is 0 Å². The smallest absolute Gasteiger partial charge is 0.0632 e. The number of hydrogen-bond acceptors (Lipinski definition) is 2. The SMILES string of the molecule is CC(C)c1cccc(C(C)C)c1NC(C)C12NCCC=C1C1CCCCCC12. The Morgan fingerprint density at radius 3 is 2.32 bits per heavy atom. The molecule has 0 aromatic heterocycles. The van der Waals surface area contributed by atoms with Crippen LogP contribution in [0.2, 0.25) is 0 Å². The van der Waals surface area contributed by atoms with Gasteiger partial charge in [0.1, 0.15) is 0 Å². The number of para-hydroxylation sites is 1. The standard InChI is InChI=1S/C26H40N2/c1-17(2)20-12-9-13-21(18(3)4)25(20)28-19(5)26-23-14-8-6-7-11-22(23)24(26)15-10-16-27-26/h9,12-13,15,17-19,22-23,27-28H,6-8,10-11,14,16H2,1-5H3. The van der Waals surface area contributed by atoms with Crippen molar-refractivity contribution in [1.29, 1.82) is 0 Å². The van der Waals surface area contributed by atoms with E-state index in [0.717, 1.165) is 18.4 Å². The van der Waals surface area contributed by atoms with E-state index in [9.17, 15) is 0 Å². The Morgan fingerprint density at radius 1 is 0.964 bits per heavy atom. The minimum atomic E-state index is 0.172. The Bertz CT molecular complexity index is 706. The van der Waals surface area contributed by atoms with Gasteiger partial charge in [-0.1, -0.05) is 71.2 Å². The lowest BCUT2D eigenvalue weighted by Gasteiger charge is -2.62. The summed E-state index contributed by atoms with van der Waals surface area (Å²) in [5.41, 5.74) is 6.24. The van der Waals surface area contributed by atoms with Crippen molar-refractivity contribution >= 4 is 5.69 Å². The fraction of sp³-hybridized carbons (Fsp3) is 0.692. The number of hydrogen-bond donors (Lipinski definition) is 2. The Balaban J connectivity index is 1.69. The van der Waals surface area contributed by atoms with Gasteiger partial charge >= 0.3 is 0 Å². The van der Waals surface area contributed by atoms with Crippen LogP contribution >= 0.6 is 0 Å². The predicted octanol–water partition coefficient (Wildman–Crippen LogP) is 6.60. The van der Waals surface area contributed by atoms with E-state index in [1.165, 1.54) is 55.3 Å². The molecule has 1 heterocycles. The molecule has 2 heteroatoms. The number of benzene rings is 1. The van der Waals surface area contributed by atoms with Crippen molar-refractivity contribution in [2.75, 3.05) is 11.9 Å². The topological polar surface area (TPSA) is 24.1 Å². The summed E-state index contributed by atoms with van der Waals surface area (Å²) in [6.45, 7) is 12.9. The van der Waals surface area contributed by atoms with Crippen LogP contribution in [0.4, 0.5) is 5.69 Å². The first-order valence-electron chi connectivity index (χ1n) is 11.8. The van der Waals surface area contributed by atoms with Crippen LogP contribution in [-0.2, 0) is 0 Å². The molecule has 4 unspecified atom stereocenters. The molecule has 2 aliphatic carbocycles. The molecule has 2 saturated carbocycles. The molecular weight excluding hydrogens is 340 g/mol. The Morgan fingerprint density at radius 2 is 1.64 bits per heavy atom. The van der Waals surface area contributed by atoms with Gasteiger partial charge in [-0.15, -0.1) is 0 Å². The molecule has 4 rings (SSSR count). The molecule has 0 bridgehead atoms. The fourth-order valence-electron chi connectivity index (χ4n) is 6.48. The van der Waals surface area contributed by atoms with Crippen LogP contribution in [0, 0.1) is 11.8 Å². The van der Waals surface area contributed by atoms with E-state index in [1.807, 2.05) is 0 Å². The monoisotopic (exact) mass is 380 g/mol. The normalized spacial score (nSPS) is 30.8. The van der Waals surface area contributed by atoms with E-state index in [-0.39, 0.29) is 5.54 Å². The highest BCUT2D eigenvalue weighted by molar-refractivity contribution is 5.62. The Kier molecular flexibility index (Phi) is 5.62. The van der Waals surface area contributed by atoms with Crippen molar-refractivity contribution in [3.05, 3.63) is 41.0 Å². The van der Waals surface area contributed by atoms with E-state index in [2.05, 4.69) is 69.5 Å². The fourth-order valence-corrected chi connectivity index (χ4v) is 6.48. The molecular formula is C26H40N2. The van der Waals surface area contributed by atoms with Crippen molar-refractivity contribution in [3.63, 3.8) is 0 Å². The number of fused-ring (bicyclic) bond motifs is 4. The van der Waals surface area contributed by atoms with Crippen LogP contribution in [-0.4, -0.2) is 18.1 Å². The third kappa shape index (κ3) is 3.12. The summed E-state index contributed by atoms with van der Waals surface area (Å²) in [6.07, 6.45) is 10.8. The van der Waals surface area contributed by atoms with E-state index >= 15 is 0 Å². The molecule has 0 radical (unpaired) electrons. The largest absolute Gasteiger partial charge is 0.380 e. The summed E-state index contributed by atoms with van der Waals surface area (Å²) in [5.74, 6) is 2.71. The Labute approximate surface area is 172 Å². The van der Waals surface area contributed by atoms with Gasteiger partial charge in [-0.05, 0) is 73.1 Å². The van der Waals surface area contributed by atoms with Gasteiger partial charge < -0.3 is 10.6 Å². The average molecular weight is 381 g/mol. The van der Waals surface area contributed by atoms with Gasteiger partial charge in [0.2, 0.25) is 0 Å². The van der Waals surface area contributed by atoms with Crippen LogP contribution in [0.1, 0.15) is 96.1 Å². The van der Waals surface area contributed by atoms with E-state index in [0.29, 0.717) is 17.9 Å². The lowest BCUT2D eigenvalue weighted by atomic mass is 9.50. The summed E-state index contributed by atoms with van der Waals surface area (Å²) in [7, 11) is 0. The van der Waals surface area contributed by atoms with Crippen molar-refractivity contribution in [2.45, 2.75) is 96.6 Å². The molecule has 1 aromatic carbocycles. The molecule has 2 nitrogen and oxygen atoms in total.